The maximum absolute atomic E-state index is 9.43. The van der Waals surface area contributed by atoms with Crippen molar-refractivity contribution in [3.05, 3.63) is 18.2 Å². The molecule has 2 N–H and O–H groups in total. The van der Waals surface area contributed by atoms with E-state index in [0.29, 0.717) is 11.8 Å². The molecule has 1 aliphatic rings. The fraction of sp³-hybridized carbons (Fsp3) is 0.615. The second-order valence-corrected chi connectivity index (χ2v) is 4.62. The molecule has 0 aromatic carbocycles. The largest absolute Gasteiger partial charge is 0.481 e. The third kappa shape index (κ3) is 3.60. The van der Waals surface area contributed by atoms with Crippen molar-refractivity contribution in [2.75, 3.05) is 19.0 Å². The Bertz CT molecular complexity index is 349. The zero-order chi connectivity index (χ0) is 12.1. The van der Waals surface area contributed by atoms with E-state index in [9.17, 15) is 5.11 Å². The molecule has 1 aromatic heterocycles. The van der Waals surface area contributed by atoms with Crippen LogP contribution in [0, 0.1) is 5.92 Å². The van der Waals surface area contributed by atoms with Crippen LogP contribution >= 0.6 is 0 Å². The fourth-order valence-corrected chi connectivity index (χ4v) is 2.22. The molecule has 1 heterocycles. The third-order valence-corrected chi connectivity index (χ3v) is 3.32. The number of aliphatic hydroxyl groups excluding tert-OH is 1. The second-order valence-electron chi connectivity index (χ2n) is 4.62. The number of anilines is 1. The van der Waals surface area contributed by atoms with Crippen LogP contribution in [-0.4, -0.2) is 29.8 Å². The first-order valence-corrected chi connectivity index (χ1v) is 6.21. The Kier molecular flexibility index (Phi) is 4.20. The van der Waals surface area contributed by atoms with Gasteiger partial charge in [-0.25, -0.2) is 0 Å². The Morgan fingerprint density at radius 3 is 2.82 bits per heavy atom. The number of hydrogen-bond donors (Lipinski definition) is 2. The average molecular weight is 236 g/mol. The number of hydrogen-bond acceptors (Lipinski definition) is 4. The van der Waals surface area contributed by atoms with Crippen LogP contribution in [-0.2, 0) is 0 Å². The lowest BCUT2D eigenvalue weighted by Gasteiger charge is -2.25. The van der Waals surface area contributed by atoms with Crippen molar-refractivity contribution in [1.29, 1.82) is 0 Å². The molecule has 1 aromatic rings. The quantitative estimate of drug-likeness (QED) is 0.840. The molecule has 0 radical (unpaired) electrons. The van der Waals surface area contributed by atoms with Crippen LogP contribution in [0.25, 0.3) is 0 Å². The summed E-state index contributed by atoms with van der Waals surface area (Å²) in [7, 11) is 1.62. The van der Waals surface area contributed by atoms with Crippen LogP contribution in [0.4, 0.5) is 5.82 Å². The van der Waals surface area contributed by atoms with Crippen molar-refractivity contribution in [2.24, 2.45) is 5.92 Å². The van der Waals surface area contributed by atoms with E-state index in [1.165, 1.54) is 0 Å². The van der Waals surface area contributed by atoms with E-state index < -0.39 is 0 Å². The first-order valence-electron chi connectivity index (χ1n) is 6.21. The van der Waals surface area contributed by atoms with Gasteiger partial charge in [0.15, 0.2) is 0 Å². The Morgan fingerprint density at radius 2 is 2.12 bits per heavy atom. The number of methoxy groups -OCH3 is 1. The summed E-state index contributed by atoms with van der Waals surface area (Å²) in [5.41, 5.74) is 0. The van der Waals surface area contributed by atoms with E-state index in [4.69, 9.17) is 4.74 Å². The van der Waals surface area contributed by atoms with Crippen molar-refractivity contribution in [3.63, 3.8) is 0 Å². The molecule has 94 valence electrons. The van der Waals surface area contributed by atoms with Gasteiger partial charge in [-0.1, -0.05) is 6.07 Å². The number of pyridine rings is 1. The van der Waals surface area contributed by atoms with E-state index >= 15 is 0 Å². The smallest absolute Gasteiger partial charge is 0.214 e. The monoisotopic (exact) mass is 236 g/mol. The second kappa shape index (κ2) is 5.87. The van der Waals surface area contributed by atoms with Gasteiger partial charge < -0.3 is 15.2 Å². The van der Waals surface area contributed by atoms with Gasteiger partial charge in [0.05, 0.1) is 13.2 Å². The van der Waals surface area contributed by atoms with Crippen molar-refractivity contribution in [3.8, 4) is 5.88 Å². The van der Waals surface area contributed by atoms with Crippen LogP contribution in [0.3, 0.4) is 0 Å². The van der Waals surface area contributed by atoms with Crippen molar-refractivity contribution < 1.29 is 9.84 Å². The number of rotatable bonds is 4. The number of nitrogens with one attached hydrogen (secondary N) is 1. The third-order valence-electron chi connectivity index (χ3n) is 3.32. The van der Waals surface area contributed by atoms with E-state index in [-0.39, 0.29) is 6.10 Å². The minimum Gasteiger partial charge on any atom is -0.481 e. The molecule has 0 atom stereocenters. The fourth-order valence-electron chi connectivity index (χ4n) is 2.22. The van der Waals surface area contributed by atoms with Gasteiger partial charge in [-0.2, -0.15) is 4.98 Å². The minimum atomic E-state index is -0.0822. The van der Waals surface area contributed by atoms with Crippen LogP contribution in [0.2, 0.25) is 0 Å². The van der Waals surface area contributed by atoms with Gasteiger partial charge in [0.2, 0.25) is 5.88 Å². The normalized spacial score (nSPS) is 24.4. The molecule has 1 fully saturated rings. The molecule has 1 aliphatic carbocycles. The summed E-state index contributed by atoms with van der Waals surface area (Å²) < 4.78 is 5.08. The molecule has 0 spiro atoms. The number of aromatic nitrogens is 1. The van der Waals surface area contributed by atoms with Crippen molar-refractivity contribution >= 4 is 5.82 Å². The molecule has 0 amide bonds. The molecule has 17 heavy (non-hydrogen) atoms. The molecule has 0 saturated heterocycles. The van der Waals surface area contributed by atoms with E-state index in [1.54, 1.807) is 7.11 Å². The van der Waals surface area contributed by atoms with Crippen LogP contribution < -0.4 is 10.1 Å². The summed E-state index contributed by atoms with van der Waals surface area (Å²) in [5, 5.41) is 12.8. The molecular formula is C13H20N2O2. The highest BCUT2D eigenvalue weighted by molar-refractivity contribution is 5.36. The van der Waals surface area contributed by atoms with E-state index in [2.05, 4.69) is 10.3 Å². The predicted molar refractivity (Wildman–Crippen MR) is 67.2 cm³/mol. The lowest BCUT2D eigenvalue weighted by atomic mass is 9.87. The average Bonchev–Trinajstić information content (AvgIpc) is 2.38. The summed E-state index contributed by atoms with van der Waals surface area (Å²) in [6, 6.07) is 5.71. The highest BCUT2D eigenvalue weighted by Crippen LogP contribution is 2.24. The first-order chi connectivity index (χ1) is 8.28. The molecule has 4 nitrogen and oxygen atoms in total. The zero-order valence-corrected chi connectivity index (χ0v) is 10.2. The van der Waals surface area contributed by atoms with Gasteiger partial charge in [0, 0.05) is 12.6 Å². The first kappa shape index (κ1) is 12.2. The molecular weight excluding hydrogens is 216 g/mol. The van der Waals surface area contributed by atoms with Gasteiger partial charge in [0.25, 0.3) is 0 Å². The summed E-state index contributed by atoms with van der Waals surface area (Å²) in [6.07, 6.45) is 3.97. The van der Waals surface area contributed by atoms with Gasteiger partial charge in [-0.15, -0.1) is 0 Å². The highest BCUT2D eigenvalue weighted by Gasteiger charge is 2.18. The highest BCUT2D eigenvalue weighted by atomic mass is 16.5. The Morgan fingerprint density at radius 1 is 1.35 bits per heavy atom. The Labute approximate surface area is 102 Å². The van der Waals surface area contributed by atoms with Crippen LogP contribution in [0.5, 0.6) is 5.88 Å². The van der Waals surface area contributed by atoms with Gasteiger partial charge in [-0.05, 0) is 37.7 Å². The SMILES string of the molecule is COc1cccc(NCC2CCC(O)CC2)n1. The Hall–Kier alpha value is -1.29. The summed E-state index contributed by atoms with van der Waals surface area (Å²) in [4.78, 5) is 4.31. The summed E-state index contributed by atoms with van der Waals surface area (Å²) in [5.74, 6) is 2.14. The molecule has 1 saturated carbocycles. The molecule has 4 heteroatoms. The van der Waals surface area contributed by atoms with E-state index in [0.717, 1.165) is 38.0 Å². The van der Waals surface area contributed by atoms with Gasteiger partial charge in [0.1, 0.15) is 5.82 Å². The Balaban J connectivity index is 1.81. The molecule has 0 bridgehead atoms. The number of aliphatic hydroxyl groups is 1. The van der Waals surface area contributed by atoms with Crippen LogP contribution in [0.15, 0.2) is 18.2 Å². The molecule has 0 aliphatic heterocycles. The summed E-state index contributed by atoms with van der Waals surface area (Å²) >= 11 is 0. The van der Waals surface area contributed by atoms with Crippen molar-refractivity contribution in [1.82, 2.24) is 4.98 Å². The minimum absolute atomic E-state index is 0.0822. The summed E-state index contributed by atoms with van der Waals surface area (Å²) in [6.45, 7) is 0.923. The topological polar surface area (TPSA) is 54.4 Å². The maximum Gasteiger partial charge on any atom is 0.214 e. The molecule has 2 rings (SSSR count). The van der Waals surface area contributed by atoms with Gasteiger partial charge in [-0.3, -0.25) is 0 Å². The lowest BCUT2D eigenvalue weighted by Crippen LogP contribution is -2.23. The van der Waals surface area contributed by atoms with Crippen molar-refractivity contribution in [2.45, 2.75) is 31.8 Å². The predicted octanol–water partition coefficient (Wildman–Crippen LogP) is 2.05. The lowest BCUT2D eigenvalue weighted by molar-refractivity contribution is 0.111. The molecule has 0 unspecified atom stereocenters. The standard InChI is InChI=1S/C13H20N2O2/c1-17-13-4-2-3-12(15-13)14-9-10-5-7-11(16)8-6-10/h2-4,10-11,16H,5-9H2,1H3,(H,14,15). The maximum atomic E-state index is 9.43. The van der Waals surface area contributed by atoms with Gasteiger partial charge >= 0.3 is 0 Å². The zero-order valence-electron chi connectivity index (χ0n) is 10.2. The number of ether oxygens (including phenoxy) is 1. The number of nitrogens with zero attached hydrogens (tertiary/aromatic N) is 1. The van der Waals surface area contributed by atoms with Crippen LogP contribution in [0.1, 0.15) is 25.7 Å². The van der Waals surface area contributed by atoms with E-state index in [1.807, 2.05) is 18.2 Å².